The van der Waals surface area contributed by atoms with Gasteiger partial charge in [0.15, 0.2) is 0 Å². The Morgan fingerprint density at radius 1 is 1.13 bits per heavy atom. The Labute approximate surface area is 91.2 Å². The van der Waals surface area contributed by atoms with E-state index in [1.807, 2.05) is 6.92 Å². The Hall–Kier alpha value is -1.28. The summed E-state index contributed by atoms with van der Waals surface area (Å²) in [6.45, 7) is 5.73. The van der Waals surface area contributed by atoms with Crippen LogP contribution in [0.4, 0.5) is 5.69 Å². The minimum Gasteiger partial charge on any atom is -0.378 e. The van der Waals surface area contributed by atoms with Gasteiger partial charge in [0.2, 0.25) is 0 Å². The highest BCUT2D eigenvalue weighted by molar-refractivity contribution is 5.55. The zero-order valence-electron chi connectivity index (χ0n) is 9.15. The molecule has 1 heterocycles. The molecule has 1 saturated heterocycles. The van der Waals surface area contributed by atoms with Gasteiger partial charge in [-0.1, -0.05) is 24.3 Å². The molecule has 2 nitrogen and oxygen atoms in total. The van der Waals surface area contributed by atoms with Crippen LogP contribution in [0.15, 0.2) is 30.3 Å². The molecular formula is C13H17NO. The van der Waals surface area contributed by atoms with Crippen LogP contribution in [0.5, 0.6) is 0 Å². The molecule has 0 atom stereocenters. The van der Waals surface area contributed by atoms with Crippen molar-refractivity contribution in [2.24, 2.45) is 0 Å². The van der Waals surface area contributed by atoms with Gasteiger partial charge in [0.1, 0.15) is 0 Å². The Bertz CT molecular complexity index is 323. The summed E-state index contributed by atoms with van der Waals surface area (Å²) in [5.41, 5.74) is 2.56. The van der Waals surface area contributed by atoms with Crippen molar-refractivity contribution in [2.45, 2.75) is 6.92 Å². The molecule has 0 unspecified atom stereocenters. The van der Waals surface area contributed by atoms with Crippen molar-refractivity contribution >= 4 is 11.8 Å². The number of morpholine rings is 1. The lowest BCUT2D eigenvalue weighted by molar-refractivity contribution is 0.122. The molecule has 1 aromatic rings. The van der Waals surface area contributed by atoms with Crippen LogP contribution < -0.4 is 4.90 Å². The summed E-state index contributed by atoms with van der Waals surface area (Å²) in [6, 6.07) is 8.68. The number of allylic oxidation sites excluding steroid dienone is 1. The molecule has 1 aliphatic rings. The maximum atomic E-state index is 5.33. The number of hydrogen-bond donors (Lipinski definition) is 0. The lowest BCUT2D eigenvalue weighted by atomic mass is 10.2. The summed E-state index contributed by atoms with van der Waals surface area (Å²) < 4.78 is 5.33. The number of anilines is 1. The second-order valence-electron chi connectivity index (χ2n) is 3.69. The number of benzene rings is 1. The number of nitrogens with zero attached hydrogens (tertiary/aromatic N) is 1. The first-order valence-corrected chi connectivity index (χ1v) is 5.45. The second kappa shape index (κ2) is 4.99. The average molecular weight is 203 g/mol. The predicted octanol–water partition coefficient (Wildman–Crippen LogP) is 2.56. The molecule has 0 aliphatic carbocycles. The Morgan fingerprint density at radius 2 is 1.80 bits per heavy atom. The van der Waals surface area contributed by atoms with Crippen molar-refractivity contribution in [1.29, 1.82) is 0 Å². The Kier molecular flexibility index (Phi) is 3.41. The molecule has 15 heavy (non-hydrogen) atoms. The first-order chi connectivity index (χ1) is 7.40. The zero-order valence-corrected chi connectivity index (χ0v) is 9.15. The fourth-order valence-electron chi connectivity index (χ4n) is 1.81. The van der Waals surface area contributed by atoms with Crippen LogP contribution in [0.25, 0.3) is 6.08 Å². The summed E-state index contributed by atoms with van der Waals surface area (Å²) in [7, 11) is 0. The quantitative estimate of drug-likeness (QED) is 0.732. The van der Waals surface area contributed by atoms with Crippen LogP contribution >= 0.6 is 0 Å². The van der Waals surface area contributed by atoms with E-state index in [2.05, 4.69) is 41.3 Å². The van der Waals surface area contributed by atoms with Crippen molar-refractivity contribution in [3.63, 3.8) is 0 Å². The lowest BCUT2D eigenvalue weighted by Gasteiger charge is -2.28. The normalized spacial score (nSPS) is 17.3. The average Bonchev–Trinajstić information content (AvgIpc) is 2.32. The van der Waals surface area contributed by atoms with Gasteiger partial charge in [-0.25, -0.2) is 0 Å². The summed E-state index contributed by atoms with van der Waals surface area (Å²) in [4.78, 5) is 2.36. The van der Waals surface area contributed by atoms with Crippen molar-refractivity contribution in [1.82, 2.24) is 0 Å². The van der Waals surface area contributed by atoms with Gasteiger partial charge in [0.25, 0.3) is 0 Å². The molecule has 80 valence electrons. The van der Waals surface area contributed by atoms with Gasteiger partial charge in [-0.15, -0.1) is 0 Å². The van der Waals surface area contributed by atoms with E-state index < -0.39 is 0 Å². The summed E-state index contributed by atoms with van der Waals surface area (Å²) in [6.07, 6.45) is 4.17. The zero-order chi connectivity index (χ0) is 10.5. The smallest absolute Gasteiger partial charge is 0.0642 e. The molecule has 1 fully saturated rings. The van der Waals surface area contributed by atoms with Gasteiger partial charge in [-0.05, 0) is 24.6 Å². The van der Waals surface area contributed by atoms with Gasteiger partial charge in [-0.2, -0.15) is 0 Å². The molecule has 0 bridgehead atoms. The van der Waals surface area contributed by atoms with E-state index in [0.29, 0.717) is 0 Å². The maximum absolute atomic E-state index is 5.33. The van der Waals surface area contributed by atoms with Crippen LogP contribution in [0, 0.1) is 0 Å². The van der Waals surface area contributed by atoms with Crippen molar-refractivity contribution in [3.05, 3.63) is 35.9 Å². The number of rotatable bonds is 2. The molecule has 0 spiro atoms. The highest BCUT2D eigenvalue weighted by Crippen LogP contribution is 2.17. The Morgan fingerprint density at radius 3 is 2.40 bits per heavy atom. The predicted molar refractivity (Wildman–Crippen MR) is 64.2 cm³/mol. The van der Waals surface area contributed by atoms with E-state index in [-0.39, 0.29) is 0 Å². The molecule has 0 amide bonds. The fraction of sp³-hybridized carbons (Fsp3) is 0.385. The van der Waals surface area contributed by atoms with E-state index in [9.17, 15) is 0 Å². The summed E-state index contributed by atoms with van der Waals surface area (Å²) in [5.74, 6) is 0. The number of hydrogen-bond acceptors (Lipinski definition) is 2. The third kappa shape index (κ3) is 2.60. The van der Waals surface area contributed by atoms with Gasteiger partial charge in [0.05, 0.1) is 13.2 Å². The summed E-state index contributed by atoms with van der Waals surface area (Å²) >= 11 is 0. The number of ether oxygens (including phenoxy) is 1. The standard InChI is InChI=1S/C13H17NO/c1-2-3-12-4-6-13(7-5-12)14-8-10-15-11-9-14/h2-7H,8-11H2,1H3/b3-2+. The van der Waals surface area contributed by atoms with E-state index in [0.717, 1.165) is 26.3 Å². The van der Waals surface area contributed by atoms with Gasteiger partial charge < -0.3 is 9.64 Å². The third-order valence-corrected chi connectivity index (χ3v) is 2.63. The molecule has 0 N–H and O–H groups in total. The molecule has 2 heteroatoms. The molecule has 0 radical (unpaired) electrons. The molecule has 0 aromatic heterocycles. The van der Waals surface area contributed by atoms with Crippen LogP contribution in [0.1, 0.15) is 12.5 Å². The molecular weight excluding hydrogens is 186 g/mol. The monoisotopic (exact) mass is 203 g/mol. The second-order valence-corrected chi connectivity index (χ2v) is 3.69. The van der Waals surface area contributed by atoms with Crippen LogP contribution in [-0.4, -0.2) is 26.3 Å². The SMILES string of the molecule is C/C=C/c1ccc(N2CCOCC2)cc1. The lowest BCUT2D eigenvalue weighted by Crippen LogP contribution is -2.36. The van der Waals surface area contributed by atoms with E-state index in [1.165, 1.54) is 11.3 Å². The van der Waals surface area contributed by atoms with Crippen LogP contribution in [0.3, 0.4) is 0 Å². The van der Waals surface area contributed by atoms with Gasteiger partial charge in [0, 0.05) is 18.8 Å². The maximum Gasteiger partial charge on any atom is 0.0642 e. The highest BCUT2D eigenvalue weighted by Gasteiger charge is 2.10. The first-order valence-electron chi connectivity index (χ1n) is 5.45. The Balaban J connectivity index is 2.08. The molecule has 2 rings (SSSR count). The van der Waals surface area contributed by atoms with Gasteiger partial charge in [-0.3, -0.25) is 0 Å². The summed E-state index contributed by atoms with van der Waals surface area (Å²) in [5, 5.41) is 0. The third-order valence-electron chi connectivity index (χ3n) is 2.63. The first kappa shape index (κ1) is 10.2. The fourth-order valence-corrected chi connectivity index (χ4v) is 1.81. The van der Waals surface area contributed by atoms with Crippen LogP contribution in [0.2, 0.25) is 0 Å². The highest BCUT2D eigenvalue weighted by atomic mass is 16.5. The molecule has 1 aliphatic heterocycles. The van der Waals surface area contributed by atoms with E-state index >= 15 is 0 Å². The van der Waals surface area contributed by atoms with E-state index in [1.54, 1.807) is 0 Å². The van der Waals surface area contributed by atoms with Crippen molar-refractivity contribution < 1.29 is 4.74 Å². The molecule has 0 saturated carbocycles. The van der Waals surface area contributed by atoms with E-state index in [4.69, 9.17) is 4.74 Å². The minimum atomic E-state index is 0.844. The van der Waals surface area contributed by atoms with Crippen molar-refractivity contribution in [3.8, 4) is 0 Å². The van der Waals surface area contributed by atoms with Crippen molar-refractivity contribution in [2.75, 3.05) is 31.2 Å². The minimum absolute atomic E-state index is 0.844. The van der Waals surface area contributed by atoms with Crippen LogP contribution in [-0.2, 0) is 4.74 Å². The molecule has 1 aromatic carbocycles. The topological polar surface area (TPSA) is 12.5 Å². The van der Waals surface area contributed by atoms with Gasteiger partial charge >= 0.3 is 0 Å². The largest absolute Gasteiger partial charge is 0.378 e.